The van der Waals surface area contributed by atoms with Gasteiger partial charge in [-0.05, 0) is 24.6 Å². The average molecular weight is 285 g/mol. The summed E-state index contributed by atoms with van der Waals surface area (Å²) < 4.78 is 10.4. The number of anilines is 1. The summed E-state index contributed by atoms with van der Waals surface area (Å²) in [5.41, 5.74) is 1.93. The lowest BCUT2D eigenvalue weighted by Gasteiger charge is -2.14. The van der Waals surface area contributed by atoms with Crippen molar-refractivity contribution in [2.75, 3.05) is 12.4 Å². The molecule has 0 amide bonds. The first kappa shape index (κ1) is 14.9. The summed E-state index contributed by atoms with van der Waals surface area (Å²) in [5, 5.41) is 3.08. The first-order chi connectivity index (χ1) is 10.2. The van der Waals surface area contributed by atoms with Crippen LogP contribution >= 0.6 is 0 Å². The van der Waals surface area contributed by atoms with Crippen LogP contribution in [-0.2, 0) is 16.1 Å². The third-order valence-electron chi connectivity index (χ3n) is 3.02. The van der Waals surface area contributed by atoms with E-state index in [0.717, 1.165) is 17.0 Å². The normalized spacial score (nSPS) is 11.5. The van der Waals surface area contributed by atoms with Crippen molar-refractivity contribution in [1.29, 1.82) is 0 Å². The van der Waals surface area contributed by atoms with Gasteiger partial charge in [0.2, 0.25) is 0 Å². The van der Waals surface area contributed by atoms with Crippen LogP contribution in [0.2, 0.25) is 0 Å². The molecule has 2 aromatic rings. The monoisotopic (exact) mass is 285 g/mol. The molecule has 1 N–H and O–H groups in total. The van der Waals surface area contributed by atoms with Crippen LogP contribution in [0.25, 0.3) is 0 Å². The van der Waals surface area contributed by atoms with Crippen molar-refractivity contribution in [2.24, 2.45) is 0 Å². The van der Waals surface area contributed by atoms with Crippen molar-refractivity contribution in [1.82, 2.24) is 0 Å². The zero-order valence-corrected chi connectivity index (χ0v) is 12.2. The van der Waals surface area contributed by atoms with E-state index in [4.69, 9.17) is 4.74 Å². The van der Waals surface area contributed by atoms with Crippen molar-refractivity contribution in [3.05, 3.63) is 60.2 Å². The number of hydrogen-bond donors (Lipinski definition) is 1. The van der Waals surface area contributed by atoms with Gasteiger partial charge in [-0.15, -0.1) is 0 Å². The van der Waals surface area contributed by atoms with Gasteiger partial charge < -0.3 is 14.8 Å². The van der Waals surface area contributed by atoms with Gasteiger partial charge in [0.15, 0.2) is 0 Å². The van der Waals surface area contributed by atoms with Crippen molar-refractivity contribution in [2.45, 2.75) is 19.6 Å². The number of hydrogen-bond acceptors (Lipinski definition) is 4. The van der Waals surface area contributed by atoms with E-state index >= 15 is 0 Å². The van der Waals surface area contributed by atoms with E-state index in [2.05, 4.69) is 10.1 Å². The van der Waals surface area contributed by atoms with Crippen LogP contribution in [-0.4, -0.2) is 19.1 Å². The van der Waals surface area contributed by atoms with E-state index in [1.165, 1.54) is 7.11 Å². The quantitative estimate of drug-likeness (QED) is 0.828. The molecule has 4 nitrogen and oxygen atoms in total. The Morgan fingerprint density at radius 2 is 1.90 bits per heavy atom. The molecule has 0 heterocycles. The molecule has 0 bridgehead atoms. The number of methoxy groups -OCH3 is 1. The molecule has 0 saturated carbocycles. The maximum absolute atomic E-state index is 11.4. The number of benzene rings is 2. The molecule has 0 fully saturated rings. The Balaban J connectivity index is 1.96. The van der Waals surface area contributed by atoms with Gasteiger partial charge in [-0.25, -0.2) is 4.79 Å². The van der Waals surface area contributed by atoms with Gasteiger partial charge in [0.1, 0.15) is 18.4 Å². The standard InChI is InChI=1S/C17H19NO3/c1-13(17(19)20-2)18-15-9-6-10-16(11-15)21-12-14-7-4-3-5-8-14/h3-11,13,18H,12H2,1-2H3/t13-/m0/s1. The lowest BCUT2D eigenvalue weighted by Crippen LogP contribution is -2.27. The number of carbonyl (C=O) groups excluding carboxylic acids is 1. The van der Waals surface area contributed by atoms with Crippen LogP contribution in [0, 0.1) is 0 Å². The van der Waals surface area contributed by atoms with Crippen LogP contribution < -0.4 is 10.1 Å². The van der Waals surface area contributed by atoms with Crippen molar-refractivity contribution < 1.29 is 14.3 Å². The Morgan fingerprint density at radius 1 is 1.14 bits per heavy atom. The number of carbonyl (C=O) groups is 1. The molecule has 0 aromatic heterocycles. The highest BCUT2D eigenvalue weighted by Gasteiger charge is 2.12. The van der Waals surface area contributed by atoms with Crippen LogP contribution in [0.4, 0.5) is 5.69 Å². The van der Waals surface area contributed by atoms with Gasteiger partial charge in [-0.3, -0.25) is 0 Å². The number of nitrogens with one attached hydrogen (secondary N) is 1. The van der Waals surface area contributed by atoms with Crippen LogP contribution in [0.15, 0.2) is 54.6 Å². The summed E-state index contributed by atoms with van der Waals surface area (Å²) in [5.74, 6) is 0.450. The molecule has 0 saturated heterocycles. The second-order valence-electron chi connectivity index (χ2n) is 4.69. The van der Waals surface area contributed by atoms with Crippen molar-refractivity contribution in [3.8, 4) is 5.75 Å². The van der Waals surface area contributed by atoms with Crippen LogP contribution in [0.1, 0.15) is 12.5 Å². The van der Waals surface area contributed by atoms with Crippen LogP contribution in [0.5, 0.6) is 5.75 Å². The molecule has 0 aliphatic heterocycles. The third kappa shape index (κ3) is 4.53. The Bertz CT molecular complexity index is 584. The van der Waals surface area contributed by atoms with E-state index < -0.39 is 6.04 Å². The minimum absolute atomic E-state index is 0.300. The maximum Gasteiger partial charge on any atom is 0.327 e. The number of ether oxygens (including phenoxy) is 2. The van der Waals surface area contributed by atoms with Gasteiger partial charge >= 0.3 is 5.97 Å². The van der Waals surface area contributed by atoms with Gasteiger partial charge in [0, 0.05) is 11.8 Å². The molecule has 110 valence electrons. The highest BCUT2D eigenvalue weighted by Crippen LogP contribution is 2.19. The number of rotatable bonds is 6. The molecular weight excluding hydrogens is 266 g/mol. The second-order valence-corrected chi connectivity index (χ2v) is 4.69. The summed E-state index contributed by atoms with van der Waals surface area (Å²) >= 11 is 0. The van der Waals surface area contributed by atoms with Gasteiger partial charge in [-0.1, -0.05) is 36.4 Å². The first-order valence-electron chi connectivity index (χ1n) is 6.80. The zero-order chi connectivity index (χ0) is 15.1. The molecule has 0 unspecified atom stereocenters. The average Bonchev–Trinajstić information content (AvgIpc) is 2.53. The second kappa shape index (κ2) is 7.33. The molecule has 1 atom stereocenters. The Morgan fingerprint density at radius 3 is 2.62 bits per heavy atom. The summed E-state index contributed by atoms with van der Waals surface area (Å²) in [4.78, 5) is 11.4. The zero-order valence-electron chi connectivity index (χ0n) is 12.2. The number of esters is 1. The molecule has 2 aromatic carbocycles. The largest absolute Gasteiger partial charge is 0.489 e. The van der Waals surface area contributed by atoms with Gasteiger partial charge in [0.05, 0.1) is 7.11 Å². The first-order valence-corrected chi connectivity index (χ1v) is 6.80. The van der Waals surface area contributed by atoms with Gasteiger partial charge in [-0.2, -0.15) is 0 Å². The van der Waals surface area contributed by atoms with E-state index in [1.807, 2.05) is 54.6 Å². The predicted molar refractivity (Wildman–Crippen MR) is 82.3 cm³/mol. The highest BCUT2D eigenvalue weighted by molar-refractivity contribution is 5.78. The Hall–Kier alpha value is -2.49. The highest BCUT2D eigenvalue weighted by atomic mass is 16.5. The lowest BCUT2D eigenvalue weighted by molar-refractivity contribution is -0.141. The molecule has 0 radical (unpaired) electrons. The minimum atomic E-state index is -0.403. The molecular formula is C17H19NO3. The smallest absolute Gasteiger partial charge is 0.327 e. The SMILES string of the molecule is COC(=O)[C@H](C)Nc1cccc(OCc2ccccc2)c1. The fourth-order valence-corrected chi connectivity index (χ4v) is 1.90. The summed E-state index contributed by atoms with van der Waals surface area (Å²) in [6.45, 7) is 2.26. The predicted octanol–water partition coefficient (Wildman–Crippen LogP) is 3.24. The van der Waals surface area contributed by atoms with E-state index in [0.29, 0.717) is 6.61 Å². The van der Waals surface area contributed by atoms with E-state index in [1.54, 1.807) is 6.92 Å². The van der Waals surface area contributed by atoms with Crippen LogP contribution in [0.3, 0.4) is 0 Å². The molecule has 21 heavy (non-hydrogen) atoms. The molecule has 0 aliphatic rings. The fraction of sp³-hybridized carbons (Fsp3) is 0.235. The van der Waals surface area contributed by atoms with E-state index in [-0.39, 0.29) is 5.97 Å². The minimum Gasteiger partial charge on any atom is -0.489 e. The van der Waals surface area contributed by atoms with Crippen molar-refractivity contribution in [3.63, 3.8) is 0 Å². The lowest BCUT2D eigenvalue weighted by atomic mass is 10.2. The maximum atomic E-state index is 11.4. The topological polar surface area (TPSA) is 47.6 Å². The summed E-state index contributed by atoms with van der Waals surface area (Å²) in [6.07, 6.45) is 0. The summed E-state index contributed by atoms with van der Waals surface area (Å²) in [6, 6.07) is 17.1. The molecule has 0 aliphatic carbocycles. The Labute approximate surface area is 124 Å². The van der Waals surface area contributed by atoms with Gasteiger partial charge in [0.25, 0.3) is 0 Å². The fourth-order valence-electron chi connectivity index (χ4n) is 1.90. The van der Waals surface area contributed by atoms with E-state index in [9.17, 15) is 4.79 Å². The van der Waals surface area contributed by atoms with Crippen molar-refractivity contribution >= 4 is 11.7 Å². The Kier molecular flexibility index (Phi) is 5.21. The molecule has 0 spiro atoms. The molecule has 4 heteroatoms. The molecule has 2 rings (SSSR count). The summed E-state index contributed by atoms with van der Waals surface area (Å²) in [7, 11) is 1.37. The third-order valence-corrected chi connectivity index (χ3v) is 3.02.